The van der Waals surface area contributed by atoms with Crippen LogP contribution in [0.25, 0.3) is 106 Å². The first kappa shape index (κ1) is 38.3. The summed E-state index contributed by atoms with van der Waals surface area (Å²) in [6.07, 6.45) is 0. The average molecular weight is 865 g/mol. The van der Waals surface area contributed by atoms with Crippen LogP contribution in [0.3, 0.4) is 0 Å². The van der Waals surface area contributed by atoms with Crippen molar-refractivity contribution >= 4 is 16.3 Å². The molecule has 316 valence electrons. The lowest BCUT2D eigenvalue weighted by Gasteiger charge is -2.30. The highest BCUT2D eigenvalue weighted by atomic mass is 15.2. The first-order valence-corrected chi connectivity index (χ1v) is 23.3. The van der Waals surface area contributed by atoms with Crippen LogP contribution in [0.1, 0.15) is 22.3 Å². The molecule has 0 bridgehead atoms. The summed E-state index contributed by atoms with van der Waals surface area (Å²) in [6, 6.07) is 87.2. The van der Waals surface area contributed by atoms with Gasteiger partial charge in [0.1, 0.15) is 5.69 Å². The van der Waals surface area contributed by atoms with Gasteiger partial charge >= 0.3 is 0 Å². The Bertz CT molecular complexity index is 3880. The van der Waals surface area contributed by atoms with E-state index >= 15 is 0 Å². The molecule has 2 aliphatic carbocycles. The van der Waals surface area contributed by atoms with Gasteiger partial charge in [0.05, 0.1) is 28.0 Å². The predicted octanol–water partition coefficient (Wildman–Crippen LogP) is 15.6. The third-order valence-corrected chi connectivity index (χ3v) is 14.3. The zero-order chi connectivity index (χ0) is 44.8. The smallest absolute Gasteiger partial charge is 0.160 e. The van der Waals surface area contributed by atoms with E-state index in [1.54, 1.807) is 0 Å². The van der Waals surface area contributed by atoms with Crippen LogP contribution in [0.4, 0.5) is 0 Å². The lowest BCUT2D eigenvalue weighted by atomic mass is 9.70. The maximum atomic E-state index is 5.44. The van der Waals surface area contributed by atoms with Crippen molar-refractivity contribution < 1.29 is 0 Å². The van der Waals surface area contributed by atoms with Crippen molar-refractivity contribution in [1.82, 2.24) is 19.6 Å². The monoisotopic (exact) mass is 864 g/mol. The molecule has 0 fully saturated rings. The zero-order valence-electron chi connectivity index (χ0n) is 36.9. The largest absolute Gasteiger partial charge is 0.231 e. The predicted molar refractivity (Wildman–Crippen MR) is 277 cm³/mol. The van der Waals surface area contributed by atoms with Gasteiger partial charge in [-0.1, -0.05) is 224 Å². The van der Waals surface area contributed by atoms with E-state index < -0.39 is 5.41 Å². The minimum Gasteiger partial charge on any atom is -0.231 e. The Morgan fingerprint density at radius 1 is 0.338 bits per heavy atom. The van der Waals surface area contributed by atoms with Crippen molar-refractivity contribution in [2.75, 3.05) is 0 Å². The van der Waals surface area contributed by atoms with Crippen LogP contribution in [0.2, 0.25) is 0 Å². The number of rotatable bonds is 6. The molecule has 4 heteroatoms. The molecule has 9 aromatic carbocycles. The highest BCUT2D eigenvalue weighted by Gasteiger charge is 2.51. The molecule has 0 radical (unpaired) electrons. The summed E-state index contributed by atoms with van der Waals surface area (Å²) < 4.78 is 2.15. The number of pyridine rings is 1. The van der Waals surface area contributed by atoms with Gasteiger partial charge in [-0.25, -0.2) is 14.5 Å². The van der Waals surface area contributed by atoms with Gasteiger partial charge in [0, 0.05) is 38.8 Å². The van der Waals surface area contributed by atoms with E-state index in [-0.39, 0.29) is 0 Å². The Morgan fingerprint density at radius 3 is 1.46 bits per heavy atom. The van der Waals surface area contributed by atoms with Crippen LogP contribution in [-0.4, -0.2) is 19.6 Å². The molecule has 0 N–H and O–H groups in total. The van der Waals surface area contributed by atoms with E-state index in [1.165, 1.54) is 49.9 Å². The Kier molecular flexibility index (Phi) is 8.46. The second-order valence-electron chi connectivity index (χ2n) is 17.9. The number of benzene rings is 9. The molecule has 1 spiro atoms. The second kappa shape index (κ2) is 15.0. The molecule has 0 saturated carbocycles. The van der Waals surface area contributed by atoms with Gasteiger partial charge in [-0.3, -0.25) is 0 Å². The second-order valence-corrected chi connectivity index (χ2v) is 17.9. The van der Waals surface area contributed by atoms with Gasteiger partial charge in [0.25, 0.3) is 0 Å². The van der Waals surface area contributed by atoms with Crippen LogP contribution in [0, 0.1) is 0 Å². The Morgan fingerprint density at radius 2 is 0.824 bits per heavy atom. The van der Waals surface area contributed by atoms with Crippen molar-refractivity contribution in [3.8, 4) is 89.8 Å². The molecule has 14 rings (SSSR count). The highest BCUT2D eigenvalue weighted by molar-refractivity contribution is 6.08. The topological polar surface area (TPSA) is 43.1 Å². The van der Waals surface area contributed by atoms with Crippen molar-refractivity contribution in [3.05, 3.63) is 265 Å². The Labute approximate surface area is 394 Å². The zero-order valence-corrected chi connectivity index (χ0v) is 36.9. The molecule has 0 aliphatic heterocycles. The van der Waals surface area contributed by atoms with Gasteiger partial charge in [0.2, 0.25) is 0 Å². The first-order chi connectivity index (χ1) is 33.7. The maximum Gasteiger partial charge on any atom is 0.160 e. The quantitative estimate of drug-likeness (QED) is 0.167. The minimum atomic E-state index is -0.451. The normalized spacial score (nSPS) is 12.8. The molecule has 3 heterocycles. The molecule has 0 saturated heterocycles. The minimum absolute atomic E-state index is 0.451. The summed E-state index contributed by atoms with van der Waals surface area (Å²) in [7, 11) is 0. The van der Waals surface area contributed by atoms with Crippen molar-refractivity contribution in [2.24, 2.45) is 0 Å². The fourth-order valence-corrected chi connectivity index (χ4v) is 11.3. The van der Waals surface area contributed by atoms with Gasteiger partial charge in [-0.05, 0) is 73.7 Å². The van der Waals surface area contributed by atoms with Crippen LogP contribution < -0.4 is 0 Å². The molecule has 68 heavy (non-hydrogen) atoms. The van der Waals surface area contributed by atoms with Gasteiger partial charge in [-0.2, -0.15) is 5.10 Å². The summed E-state index contributed by atoms with van der Waals surface area (Å²) >= 11 is 0. The van der Waals surface area contributed by atoms with E-state index in [0.29, 0.717) is 5.82 Å². The summed E-state index contributed by atoms with van der Waals surface area (Å²) in [5, 5.41) is 7.76. The summed E-state index contributed by atoms with van der Waals surface area (Å²) in [5.41, 5.74) is 22.1. The molecule has 12 aromatic rings. The molecule has 0 atom stereocenters. The van der Waals surface area contributed by atoms with Gasteiger partial charge in [-0.15, -0.1) is 0 Å². The lowest BCUT2D eigenvalue weighted by Crippen LogP contribution is -2.25. The van der Waals surface area contributed by atoms with Crippen molar-refractivity contribution in [2.45, 2.75) is 5.41 Å². The van der Waals surface area contributed by atoms with E-state index in [4.69, 9.17) is 15.1 Å². The summed E-state index contributed by atoms with van der Waals surface area (Å²) in [6.45, 7) is 0. The molecule has 2 aliphatic rings. The summed E-state index contributed by atoms with van der Waals surface area (Å²) in [4.78, 5) is 10.7. The van der Waals surface area contributed by atoms with E-state index in [2.05, 4.69) is 241 Å². The van der Waals surface area contributed by atoms with E-state index in [1.807, 2.05) is 6.07 Å². The summed E-state index contributed by atoms with van der Waals surface area (Å²) in [5.74, 6) is 0.686. The molecule has 0 unspecified atom stereocenters. The molecule has 3 aromatic heterocycles. The van der Waals surface area contributed by atoms with Crippen molar-refractivity contribution in [1.29, 1.82) is 0 Å². The SMILES string of the molecule is c1ccc(-c2nc(-c3ccc(-c4c(-c5ccccc5)nn5c(-c6ccccc6)cc6ccccc6c45)cc3)cc(-c3ccc4c(c3)C3(c5ccccc5-c5ccccc53)c3ccccc3-4)n2)cc1. The van der Waals surface area contributed by atoms with Crippen LogP contribution in [0.15, 0.2) is 243 Å². The standard InChI is InChI=1S/C64H40N4/c1-4-18-42(19-5-1)59-39-46-24-10-11-25-48(46)62-60(61(67-68(59)62)44-20-6-2-7-21-44)43-34-32-41(33-35-43)57-40-58(66-63(65-57)45-22-8-3-9-23-45)47-36-37-52-51-28-14-17-31-55(51)64(56(52)38-47)53-29-15-12-26-49(53)50-27-13-16-30-54(50)64/h1-40H. The number of aromatic nitrogens is 4. The van der Waals surface area contributed by atoms with Crippen LogP contribution in [0.5, 0.6) is 0 Å². The van der Waals surface area contributed by atoms with Gasteiger partial charge in [0.15, 0.2) is 5.82 Å². The lowest BCUT2D eigenvalue weighted by molar-refractivity contribution is 0.794. The van der Waals surface area contributed by atoms with Gasteiger partial charge < -0.3 is 0 Å². The number of fused-ring (bicyclic) bond motifs is 13. The van der Waals surface area contributed by atoms with Crippen molar-refractivity contribution in [3.63, 3.8) is 0 Å². The third kappa shape index (κ3) is 5.64. The Hall–Kier alpha value is -8.99. The third-order valence-electron chi connectivity index (χ3n) is 14.3. The Balaban J connectivity index is 0.950. The molecule has 0 amide bonds. The first-order valence-electron chi connectivity index (χ1n) is 23.3. The van der Waals surface area contributed by atoms with Crippen LogP contribution >= 0.6 is 0 Å². The van der Waals surface area contributed by atoms with E-state index in [0.717, 1.165) is 72.6 Å². The highest BCUT2D eigenvalue weighted by Crippen LogP contribution is 2.63. The number of nitrogens with zero attached hydrogens (tertiary/aromatic N) is 4. The fourth-order valence-electron chi connectivity index (χ4n) is 11.3. The molecular weight excluding hydrogens is 825 g/mol. The van der Waals surface area contributed by atoms with Crippen LogP contribution in [-0.2, 0) is 5.41 Å². The molecular formula is C64H40N4. The fraction of sp³-hybridized carbons (Fsp3) is 0.0156. The van der Waals surface area contributed by atoms with E-state index in [9.17, 15) is 0 Å². The maximum absolute atomic E-state index is 5.44. The average Bonchev–Trinajstić information content (AvgIpc) is 4.07. The molecule has 4 nitrogen and oxygen atoms in total. The number of hydrogen-bond donors (Lipinski definition) is 0. The number of hydrogen-bond acceptors (Lipinski definition) is 3.